The van der Waals surface area contributed by atoms with Gasteiger partial charge in [0.1, 0.15) is 18.3 Å². The highest BCUT2D eigenvalue weighted by atomic mass is 16.7. The van der Waals surface area contributed by atoms with E-state index in [0.717, 1.165) is 68.9 Å². The predicted octanol–water partition coefficient (Wildman–Crippen LogP) is 6.37. The van der Waals surface area contributed by atoms with Crippen LogP contribution >= 0.6 is 0 Å². The van der Waals surface area contributed by atoms with Crippen LogP contribution in [0, 0.1) is 11.8 Å². The molecule has 10 bridgehead atoms. The Morgan fingerprint density at radius 2 is 1.28 bits per heavy atom. The summed E-state index contributed by atoms with van der Waals surface area (Å²) in [6.07, 6.45) is 9.34. The Morgan fingerprint density at radius 3 is 2.12 bits per heavy atom. The SMILES string of the molecule is C=C1CC2CCC[C@]34C[C@@H](OC)C(O3)[C@H]3CC(O4)[C@H]4OC(CCC4O3)CC(=O)OC3CC4OC5CC(CC6O[C@@]7(CCC6O)C[C@H](C)C6OC(CO)CCC6O7)O[C@@H]5C[C@@H]4O[C@H]3C[C@H]3OC(CC[C@@H]1O2)C[C@@H](C)C3=C. The summed E-state index contributed by atoms with van der Waals surface area (Å²) in [6.45, 7) is 13.5. The fourth-order valence-corrected chi connectivity index (χ4v) is 16.4. The molecule has 17 nitrogen and oxygen atoms in total. The summed E-state index contributed by atoms with van der Waals surface area (Å²) < 4.78 is 94.6. The fraction of sp³-hybridized carbons (Fsp3) is 0.914. The normalized spacial score (nSPS) is 54.1. The lowest BCUT2D eigenvalue weighted by molar-refractivity contribution is -0.365. The van der Waals surface area contributed by atoms with Crippen LogP contribution in [0.15, 0.2) is 24.3 Å². The van der Waals surface area contributed by atoms with Crippen LogP contribution in [0.4, 0.5) is 0 Å². The average molecular weight is 1060 g/mol. The van der Waals surface area contributed by atoms with Crippen LogP contribution in [0.5, 0.6) is 0 Å². The number of esters is 1. The van der Waals surface area contributed by atoms with Crippen LogP contribution in [0.25, 0.3) is 0 Å². The minimum atomic E-state index is -0.819. The summed E-state index contributed by atoms with van der Waals surface area (Å²) in [5.41, 5.74) is 2.19. The summed E-state index contributed by atoms with van der Waals surface area (Å²) in [4.78, 5) is 14.4. The Morgan fingerprint density at radius 1 is 0.573 bits per heavy atom. The quantitative estimate of drug-likeness (QED) is 0.233. The van der Waals surface area contributed by atoms with Gasteiger partial charge in [0.25, 0.3) is 0 Å². The van der Waals surface area contributed by atoms with Gasteiger partial charge in [0.15, 0.2) is 11.6 Å². The highest BCUT2D eigenvalue weighted by molar-refractivity contribution is 5.70. The first-order valence-corrected chi connectivity index (χ1v) is 29.6. The van der Waals surface area contributed by atoms with Gasteiger partial charge < -0.3 is 76.5 Å². The van der Waals surface area contributed by atoms with E-state index < -0.39 is 36.0 Å². The van der Waals surface area contributed by atoms with Gasteiger partial charge in [0.05, 0.1) is 135 Å². The van der Waals surface area contributed by atoms with Crippen LogP contribution < -0.4 is 0 Å². The molecule has 17 heteroatoms. The Kier molecular flexibility index (Phi) is 15.0. The molecule has 13 aliphatic rings. The summed E-state index contributed by atoms with van der Waals surface area (Å²) in [5.74, 6) is -1.51. The Balaban J connectivity index is 0.704. The molecule has 75 heavy (non-hydrogen) atoms. The summed E-state index contributed by atoms with van der Waals surface area (Å²) in [5, 5.41) is 21.2. The number of ether oxygens (including phenoxy) is 14. The second kappa shape index (κ2) is 21.3. The zero-order chi connectivity index (χ0) is 51.3. The maximum atomic E-state index is 14.4. The molecule has 13 heterocycles. The monoisotopic (exact) mass is 1050 g/mol. The molecule has 13 fully saturated rings. The molecule has 0 amide bonds. The summed E-state index contributed by atoms with van der Waals surface area (Å²) in [6, 6.07) is 0. The molecule has 0 radical (unpaired) electrons. The molecular weight excluding hydrogens is 969 g/mol. The van der Waals surface area contributed by atoms with Crippen molar-refractivity contribution in [3.63, 3.8) is 0 Å². The van der Waals surface area contributed by atoms with Crippen molar-refractivity contribution in [2.75, 3.05) is 13.7 Å². The molecule has 420 valence electrons. The van der Waals surface area contributed by atoms with Crippen LogP contribution in [-0.4, -0.2) is 182 Å². The average Bonchev–Trinajstić information content (AvgIpc) is 4.05. The second-order valence-corrected chi connectivity index (χ2v) is 25.5. The number of carbonyl (C=O) groups is 1. The third-order valence-electron chi connectivity index (χ3n) is 20.3. The number of hydrogen-bond acceptors (Lipinski definition) is 17. The van der Waals surface area contributed by atoms with Gasteiger partial charge in [-0.1, -0.05) is 27.0 Å². The van der Waals surface area contributed by atoms with Crippen LogP contribution in [0.2, 0.25) is 0 Å². The van der Waals surface area contributed by atoms with Crippen molar-refractivity contribution >= 4 is 5.97 Å². The summed E-state index contributed by atoms with van der Waals surface area (Å²) >= 11 is 0. The van der Waals surface area contributed by atoms with Gasteiger partial charge in [-0.05, 0) is 93.6 Å². The number of hydrogen-bond donors (Lipinski definition) is 2. The lowest BCUT2D eigenvalue weighted by Gasteiger charge is -2.53. The smallest absolute Gasteiger partial charge is 0.308 e. The molecule has 13 saturated heterocycles. The molecule has 15 unspecified atom stereocenters. The van der Waals surface area contributed by atoms with Gasteiger partial charge in [0, 0.05) is 71.3 Å². The second-order valence-electron chi connectivity index (χ2n) is 25.5. The highest BCUT2D eigenvalue weighted by Gasteiger charge is 2.61. The Bertz CT molecular complexity index is 2080. The van der Waals surface area contributed by atoms with Crippen molar-refractivity contribution in [1.82, 2.24) is 0 Å². The molecule has 0 aliphatic carbocycles. The molecule has 0 aromatic rings. The number of aliphatic hydroxyl groups is 2. The van der Waals surface area contributed by atoms with E-state index in [4.69, 9.17) is 66.3 Å². The lowest BCUT2D eigenvalue weighted by Crippen LogP contribution is -2.60. The number of rotatable bonds is 4. The number of carbonyl (C=O) groups excluding carboxylic acids is 1. The number of aliphatic hydroxyl groups excluding tert-OH is 2. The molecule has 27 atom stereocenters. The maximum Gasteiger partial charge on any atom is 0.308 e. The maximum absolute atomic E-state index is 14.4. The zero-order valence-electron chi connectivity index (χ0n) is 44.6. The third kappa shape index (κ3) is 10.5. The largest absolute Gasteiger partial charge is 0.459 e. The standard InChI is InChI=1S/C58H86O17/c1-29-17-34-8-11-39-30(2)18-33(63-39)7-6-15-57-27-52(62-5)56(75-57)50-25-51(74-57)55-40(68-50)12-9-35(66-55)21-53(61)71-49-24-48-47(70-46(49)22-42(64-34)32(29)4)23-45-44(69-48)20-37(65-45)19-43-38(60)14-16-58(73-43)26-31(3)54-41(72-58)13-10-36(28-59)67-54/h29,31,33-52,54-56,59-60H,2,4,6-28H2,1,3,5H3/t29-,31+,33?,34?,35?,36?,37?,38?,39+,40?,41?,42-,43?,44?,45-,46+,47+,48?,49?,50-,51?,52-,54?,55+,56?,57-,58+/m1/s1. The van der Waals surface area contributed by atoms with Gasteiger partial charge in [0.2, 0.25) is 0 Å². The van der Waals surface area contributed by atoms with Gasteiger partial charge in [-0.25, -0.2) is 0 Å². The van der Waals surface area contributed by atoms with Crippen molar-refractivity contribution in [3.05, 3.63) is 24.3 Å². The predicted molar refractivity (Wildman–Crippen MR) is 266 cm³/mol. The van der Waals surface area contributed by atoms with E-state index >= 15 is 0 Å². The first kappa shape index (κ1) is 52.7. The van der Waals surface area contributed by atoms with Crippen LogP contribution in [0.1, 0.15) is 155 Å². The van der Waals surface area contributed by atoms with E-state index in [1.165, 1.54) is 0 Å². The summed E-state index contributed by atoms with van der Waals surface area (Å²) in [7, 11) is 1.75. The number of methoxy groups -OCH3 is 1. The minimum absolute atomic E-state index is 0.00661. The molecule has 2 N–H and O–H groups in total. The molecule has 0 aromatic heterocycles. The van der Waals surface area contributed by atoms with Crippen molar-refractivity contribution in [1.29, 1.82) is 0 Å². The zero-order valence-corrected chi connectivity index (χ0v) is 44.6. The van der Waals surface area contributed by atoms with E-state index in [1.807, 2.05) is 0 Å². The topological polar surface area (TPSA) is 187 Å². The van der Waals surface area contributed by atoms with Gasteiger partial charge in [-0.3, -0.25) is 4.79 Å². The minimum Gasteiger partial charge on any atom is -0.459 e. The number of fused-ring (bicyclic) bond motifs is 12. The van der Waals surface area contributed by atoms with Gasteiger partial charge in [-0.2, -0.15) is 0 Å². The first-order valence-electron chi connectivity index (χ1n) is 29.6. The first-order chi connectivity index (χ1) is 36.3. The van der Waals surface area contributed by atoms with E-state index in [1.54, 1.807) is 7.11 Å². The molecule has 13 rings (SSSR count). The van der Waals surface area contributed by atoms with Crippen molar-refractivity contribution in [2.45, 2.75) is 307 Å². The van der Waals surface area contributed by atoms with Crippen LogP contribution in [0.3, 0.4) is 0 Å². The lowest BCUT2D eigenvalue weighted by atomic mass is 9.81. The molecule has 0 saturated carbocycles. The third-order valence-corrected chi connectivity index (χ3v) is 20.3. The van der Waals surface area contributed by atoms with Crippen molar-refractivity contribution in [2.24, 2.45) is 11.8 Å². The van der Waals surface area contributed by atoms with Crippen molar-refractivity contribution in [3.8, 4) is 0 Å². The Hall–Kier alpha value is -1.65. The van der Waals surface area contributed by atoms with E-state index in [2.05, 4.69) is 27.0 Å². The van der Waals surface area contributed by atoms with Crippen molar-refractivity contribution < 1.29 is 81.3 Å². The molecule has 13 aliphatic heterocycles. The molecular formula is C58H86O17. The Labute approximate surface area is 442 Å². The molecule has 2 spiro atoms. The highest BCUT2D eigenvalue weighted by Crippen LogP contribution is 2.51. The van der Waals surface area contributed by atoms with Gasteiger partial charge >= 0.3 is 5.97 Å². The van der Waals surface area contributed by atoms with Crippen LogP contribution in [-0.2, 0) is 71.1 Å². The fourth-order valence-electron chi connectivity index (χ4n) is 16.4. The van der Waals surface area contributed by atoms with E-state index in [0.29, 0.717) is 77.0 Å². The van der Waals surface area contributed by atoms with Gasteiger partial charge in [-0.15, -0.1) is 0 Å². The van der Waals surface area contributed by atoms with E-state index in [9.17, 15) is 15.0 Å². The molecule has 0 aromatic carbocycles. The van der Waals surface area contributed by atoms with E-state index in [-0.39, 0.29) is 147 Å².